The Kier molecular flexibility index (Phi) is 10.4. The Balaban J connectivity index is 1.38. The highest BCUT2D eigenvalue weighted by Crippen LogP contribution is 2.24. The number of amides is 1. The van der Waals surface area contributed by atoms with Gasteiger partial charge in [-0.25, -0.2) is 0 Å². The molecule has 0 aromatic heterocycles. The molecule has 202 valence electrons. The highest BCUT2D eigenvalue weighted by Gasteiger charge is 2.28. The largest absolute Gasteiger partial charge is 0.375 e. The SMILES string of the molecule is CN(C)Cc1ccccc1N1CCN(C(=O)C(COCc2ccc(Cl)c(Cl)c2)NCc2ccccc2)CC1. The number of carbonyl (C=O) groups is 1. The number of benzene rings is 3. The monoisotopic (exact) mass is 554 g/mol. The molecule has 0 aliphatic carbocycles. The minimum Gasteiger partial charge on any atom is -0.375 e. The van der Waals surface area contributed by atoms with E-state index in [2.05, 4.69) is 65.6 Å². The van der Waals surface area contributed by atoms with Gasteiger partial charge in [-0.1, -0.05) is 77.8 Å². The second kappa shape index (κ2) is 14.0. The van der Waals surface area contributed by atoms with E-state index in [9.17, 15) is 4.79 Å². The average Bonchev–Trinajstić information content (AvgIpc) is 2.93. The topological polar surface area (TPSA) is 48.0 Å². The van der Waals surface area contributed by atoms with Crippen LogP contribution in [0.3, 0.4) is 0 Å². The van der Waals surface area contributed by atoms with Gasteiger partial charge in [0.15, 0.2) is 0 Å². The van der Waals surface area contributed by atoms with Gasteiger partial charge in [0.2, 0.25) is 5.91 Å². The molecular formula is C30H36Cl2N4O2. The van der Waals surface area contributed by atoms with Crippen LogP contribution in [0.2, 0.25) is 10.0 Å². The van der Waals surface area contributed by atoms with Crippen LogP contribution in [-0.4, -0.2) is 68.6 Å². The molecule has 8 heteroatoms. The zero-order chi connectivity index (χ0) is 26.9. The number of rotatable bonds is 11. The van der Waals surface area contributed by atoms with Gasteiger partial charge < -0.3 is 19.4 Å². The van der Waals surface area contributed by atoms with Gasteiger partial charge in [0.05, 0.1) is 23.3 Å². The van der Waals surface area contributed by atoms with Gasteiger partial charge >= 0.3 is 0 Å². The summed E-state index contributed by atoms with van der Waals surface area (Å²) in [5.41, 5.74) is 4.59. The molecule has 1 fully saturated rings. The lowest BCUT2D eigenvalue weighted by Gasteiger charge is -2.38. The number of piperazine rings is 1. The van der Waals surface area contributed by atoms with Gasteiger partial charge in [0, 0.05) is 45.0 Å². The third-order valence-electron chi connectivity index (χ3n) is 6.64. The first-order valence-corrected chi connectivity index (χ1v) is 13.7. The van der Waals surface area contributed by atoms with Crippen molar-refractivity contribution < 1.29 is 9.53 Å². The number of carbonyl (C=O) groups excluding carboxylic acids is 1. The molecule has 0 bridgehead atoms. The van der Waals surface area contributed by atoms with E-state index in [0.717, 1.165) is 30.8 Å². The van der Waals surface area contributed by atoms with Crippen molar-refractivity contribution >= 4 is 34.8 Å². The predicted molar refractivity (Wildman–Crippen MR) is 156 cm³/mol. The van der Waals surface area contributed by atoms with Crippen LogP contribution in [0.4, 0.5) is 5.69 Å². The minimum atomic E-state index is -0.453. The Morgan fingerprint density at radius 1 is 0.921 bits per heavy atom. The number of halogens is 2. The van der Waals surface area contributed by atoms with E-state index >= 15 is 0 Å². The van der Waals surface area contributed by atoms with Crippen LogP contribution in [0.15, 0.2) is 72.8 Å². The van der Waals surface area contributed by atoms with E-state index in [-0.39, 0.29) is 12.5 Å². The predicted octanol–water partition coefficient (Wildman–Crippen LogP) is 5.08. The Hall–Kier alpha value is -2.61. The minimum absolute atomic E-state index is 0.0660. The summed E-state index contributed by atoms with van der Waals surface area (Å²) in [7, 11) is 4.17. The normalized spacial score (nSPS) is 14.7. The first kappa shape index (κ1) is 28.4. The maximum absolute atomic E-state index is 13.6. The molecule has 1 saturated heterocycles. The highest BCUT2D eigenvalue weighted by molar-refractivity contribution is 6.42. The Labute approximate surface area is 236 Å². The molecule has 3 aromatic rings. The quantitative estimate of drug-likeness (QED) is 0.358. The van der Waals surface area contributed by atoms with E-state index < -0.39 is 6.04 Å². The number of ether oxygens (including phenoxy) is 1. The zero-order valence-corrected chi connectivity index (χ0v) is 23.6. The molecule has 6 nitrogen and oxygen atoms in total. The summed E-state index contributed by atoms with van der Waals surface area (Å²) < 4.78 is 5.99. The molecule has 1 aliphatic heterocycles. The Bertz CT molecular complexity index is 1180. The molecule has 1 unspecified atom stereocenters. The van der Waals surface area contributed by atoms with Crippen LogP contribution in [0.5, 0.6) is 0 Å². The Morgan fingerprint density at radius 2 is 1.63 bits per heavy atom. The fourth-order valence-electron chi connectivity index (χ4n) is 4.66. The summed E-state index contributed by atoms with van der Waals surface area (Å²) in [6.45, 7) is 5.03. The number of para-hydroxylation sites is 1. The van der Waals surface area contributed by atoms with E-state index in [1.54, 1.807) is 12.1 Å². The molecule has 0 saturated carbocycles. The number of hydrogen-bond donors (Lipinski definition) is 1. The van der Waals surface area contributed by atoms with Gasteiger partial charge in [-0.05, 0) is 49.0 Å². The molecule has 1 atom stereocenters. The van der Waals surface area contributed by atoms with Crippen molar-refractivity contribution in [2.45, 2.75) is 25.7 Å². The summed E-state index contributed by atoms with van der Waals surface area (Å²) in [6, 6.07) is 23.6. The standard InChI is InChI=1S/C30H36Cl2N4O2/c1-34(2)20-25-10-6-7-11-29(25)35-14-16-36(17-15-35)30(37)28(33-19-23-8-4-3-5-9-23)22-38-21-24-12-13-26(31)27(32)18-24/h3-13,18,28,33H,14-17,19-22H2,1-2H3. The van der Waals surface area contributed by atoms with Crippen LogP contribution in [-0.2, 0) is 29.2 Å². The second-order valence-electron chi connectivity index (χ2n) is 9.86. The molecule has 4 rings (SSSR count). The maximum atomic E-state index is 13.6. The number of anilines is 1. The number of nitrogens with zero attached hydrogens (tertiary/aromatic N) is 3. The van der Waals surface area contributed by atoms with Crippen molar-refractivity contribution in [1.82, 2.24) is 15.1 Å². The molecule has 1 N–H and O–H groups in total. The van der Waals surface area contributed by atoms with Crippen LogP contribution >= 0.6 is 23.2 Å². The van der Waals surface area contributed by atoms with E-state index in [1.165, 1.54) is 11.3 Å². The van der Waals surface area contributed by atoms with Crippen LogP contribution in [0.25, 0.3) is 0 Å². The molecule has 1 aliphatic rings. The van der Waals surface area contributed by atoms with E-state index in [4.69, 9.17) is 27.9 Å². The molecule has 3 aromatic carbocycles. The van der Waals surface area contributed by atoms with Crippen LogP contribution in [0, 0.1) is 0 Å². The van der Waals surface area contributed by atoms with Crippen molar-refractivity contribution in [3.05, 3.63) is 99.5 Å². The summed E-state index contributed by atoms with van der Waals surface area (Å²) in [6.07, 6.45) is 0. The number of hydrogen-bond acceptors (Lipinski definition) is 5. The zero-order valence-electron chi connectivity index (χ0n) is 22.1. The first-order valence-electron chi connectivity index (χ1n) is 13.0. The van der Waals surface area contributed by atoms with Gasteiger partial charge in [0.1, 0.15) is 6.04 Å². The fourth-order valence-corrected chi connectivity index (χ4v) is 4.98. The smallest absolute Gasteiger partial charge is 0.242 e. The Morgan fingerprint density at radius 3 is 2.34 bits per heavy atom. The van der Waals surface area contributed by atoms with Crippen LogP contribution < -0.4 is 10.2 Å². The molecule has 1 amide bonds. The lowest BCUT2D eigenvalue weighted by atomic mass is 10.1. The van der Waals surface area contributed by atoms with Crippen molar-refractivity contribution in [3.8, 4) is 0 Å². The molecular weight excluding hydrogens is 519 g/mol. The summed E-state index contributed by atoms with van der Waals surface area (Å²) in [5, 5.41) is 4.43. The van der Waals surface area contributed by atoms with Crippen molar-refractivity contribution in [2.24, 2.45) is 0 Å². The van der Waals surface area contributed by atoms with Gasteiger partial charge in [0.25, 0.3) is 0 Å². The maximum Gasteiger partial charge on any atom is 0.242 e. The third-order valence-corrected chi connectivity index (χ3v) is 7.38. The molecule has 0 radical (unpaired) electrons. The highest BCUT2D eigenvalue weighted by atomic mass is 35.5. The summed E-state index contributed by atoms with van der Waals surface area (Å²) >= 11 is 12.2. The molecule has 1 heterocycles. The second-order valence-corrected chi connectivity index (χ2v) is 10.7. The van der Waals surface area contributed by atoms with E-state index in [0.29, 0.717) is 36.3 Å². The van der Waals surface area contributed by atoms with Gasteiger partial charge in [-0.3, -0.25) is 10.1 Å². The number of nitrogens with one attached hydrogen (secondary N) is 1. The van der Waals surface area contributed by atoms with Crippen molar-refractivity contribution in [3.63, 3.8) is 0 Å². The van der Waals surface area contributed by atoms with Crippen molar-refractivity contribution in [2.75, 3.05) is 51.8 Å². The molecule has 0 spiro atoms. The molecule has 38 heavy (non-hydrogen) atoms. The van der Waals surface area contributed by atoms with Gasteiger partial charge in [-0.15, -0.1) is 0 Å². The summed E-state index contributed by atoms with van der Waals surface area (Å²) in [5.74, 6) is 0.0660. The first-order chi connectivity index (χ1) is 18.4. The lowest BCUT2D eigenvalue weighted by molar-refractivity contribution is -0.135. The van der Waals surface area contributed by atoms with Crippen LogP contribution in [0.1, 0.15) is 16.7 Å². The van der Waals surface area contributed by atoms with Crippen molar-refractivity contribution in [1.29, 1.82) is 0 Å². The summed E-state index contributed by atoms with van der Waals surface area (Å²) in [4.78, 5) is 20.2. The third kappa shape index (κ3) is 7.95. The lowest BCUT2D eigenvalue weighted by Crippen LogP contribution is -2.55. The fraction of sp³-hybridized carbons (Fsp3) is 0.367. The average molecular weight is 556 g/mol. The van der Waals surface area contributed by atoms with E-state index in [1.807, 2.05) is 29.2 Å². The van der Waals surface area contributed by atoms with Gasteiger partial charge in [-0.2, -0.15) is 0 Å².